The maximum absolute atomic E-state index is 5.84. The Labute approximate surface area is 101 Å². The Morgan fingerprint density at radius 1 is 1.20 bits per heavy atom. The topological polar surface area (TPSA) is 38.0 Å². The monoisotopic (exact) mass is 246 g/mol. The van der Waals surface area contributed by atoms with Gasteiger partial charge in [0.1, 0.15) is 0 Å². The first-order chi connectivity index (χ1) is 7.33. The van der Waals surface area contributed by atoms with Gasteiger partial charge in [0.05, 0.1) is 4.34 Å². The van der Waals surface area contributed by atoms with E-state index in [4.69, 9.17) is 17.3 Å². The zero-order valence-electron chi connectivity index (χ0n) is 8.97. The fraction of sp³-hybridized carbons (Fsp3) is 0.636. The van der Waals surface area contributed by atoms with Crippen molar-refractivity contribution >= 4 is 22.9 Å². The summed E-state index contributed by atoms with van der Waals surface area (Å²) in [5.41, 5.74) is 5.42. The van der Waals surface area contributed by atoms with Crippen molar-refractivity contribution in [3.8, 4) is 0 Å². The summed E-state index contributed by atoms with van der Waals surface area (Å²) < 4.78 is 0.870. The Bertz CT molecular complexity index is 263. The van der Waals surface area contributed by atoms with Gasteiger partial charge < -0.3 is 11.1 Å². The molecule has 0 saturated heterocycles. The lowest BCUT2D eigenvalue weighted by Crippen LogP contribution is -2.13. The van der Waals surface area contributed by atoms with Gasteiger partial charge in [0.2, 0.25) is 0 Å². The summed E-state index contributed by atoms with van der Waals surface area (Å²) in [5.74, 6) is 0. The molecule has 3 N–H and O–H groups in total. The van der Waals surface area contributed by atoms with Crippen molar-refractivity contribution in [1.29, 1.82) is 0 Å². The smallest absolute Gasteiger partial charge is 0.0931 e. The third-order valence-corrected chi connectivity index (χ3v) is 3.47. The van der Waals surface area contributed by atoms with Crippen LogP contribution in [0.5, 0.6) is 0 Å². The van der Waals surface area contributed by atoms with Crippen LogP contribution in [-0.4, -0.2) is 13.1 Å². The van der Waals surface area contributed by atoms with E-state index in [1.807, 2.05) is 6.07 Å². The summed E-state index contributed by atoms with van der Waals surface area (Å²) in [6, 6.07) is 4.03. The molecule has 4 heteroatoms. The molecule has 0 aromatic carbocycles. The lowest BCUT2D eigenvalue weighted by Gasteiger charge is -2.02. The first-order valence-corrected chi connectivity index (χ1v) is 6.67. The number of hydrogen-bond donors (Lipinski definition) is 2. The minimum absolute atomic E-state index is 0.821. The maximum Gasteiger partial charge on any atom is 0.0931 e. The van der Waals surface area contributed by atoms with E-state index in [1.54, 1.807) is 11.3 Å². The molecule has 0 unspecified atom stereocenters. The molecule has 0 aliphatic carbocycles. The molecule has 1 aromatic rings. The summed E-state index contributed by atoms with van der Waals surface area (Å²) in [6.07, 6.45) is 4.91. The standard InChI is InChI=1S/C11H19ClN2S/c12-11-6-5-10(15-11)9-14-8-4-2-1-3-7-13/h5-6,14H,1-4,7-9,13H2. The average molecular weight is 247 g/mol. The second-order valence-electron chi connectivity index (χ2n) is 3.59. The maximum atomic E-state index is 5.84. The number of halogens is 1. The molecule has 0 spiro atoms. The van der Waals surface area contributed by atoms with Crippen LogP contribution in [0.3, 0.4) is 0 Å². The summed E-state index contributed by atoms with van der Waals surface area (Å²) >= 11 is 7.48. The van der Waals surface area contributed by atoms with Crippen molar-refractivity contribution in [1.82, 2.24) is 5.32 Å². The molecule has 0 aliphatic rings. The fourth-order valence-electron chi connectivity index (χ4n) is 1.41. The Hall–Kier alpha value is -0.0900. The lowest BCUT2D eigenvalue weighted by atomic mass is 10.2. The van der Waals surface area contributed by atoms with Crippen molar-refractivity contribution in [3.63, 3.8) is 0 Å². The fourth-order valence-corrected chi connectivity index (χ4v) is 2.46. The van der Waals surface area contributed by atoms with E-state index in [9.17, 15) is 0 Å². The molecule has 0 aliphatic heterocycles. The lowest BCUT2D eigenvalue weighted by molar-refractivity contribution is 0.592. The van der Waals surface area contributed by atoms with Gasteiger partial charge in [-0.1, -0.05) is 24.4 Å². The Morgan fingerprint density at radius 3 is 2.67 bits per heavy atom. The van der Waals surface area contributed by atoms with Gasteiger partial charge in [-0.25, -0.2) is 0 Å². The van der Waals surface area contributed by atoms with Crippen molar-refractivity contribution in [3.05, 3.63) is 21.3 Å². The number of nitrogens with two attached hydrogens (primary N) is 1. The molecule has 2 nitrogen and oxygen atoms in total. The highest BCUT2D eigenvalue weighted by Gasteiger charge is 1.96. The van der Waals surface area contributed by atoms with E-state index in [-0.39, 0.29) is 0 Å². The Kier molecular flexibility index (Phi) is 7.01. The van der Waals surface area contributed by atoms with Gasteiger partial charge >= 0.3 is 0 Å². The Morgan fingerprint density at radius 2 is 2.00 bits per heavy atom. The van der Waals surface area contributed by atoms with Crippen LogP contribution in [0.4, 0.5) is 0 Å². The molecule has 1 rings (SSSR count). The average Bonchev–Trinajstić information content (AvgIpc) is 2.63. The predicted octanol–water partition coefficient (Wildman–Crippen LogP) is 3.01. The minimum atomic E-state index is 0.821. The van der Waals surface area contributed by atoms with E-state index >= 15 is 0 Å². The van der Waals surface area contributed by atoms with Gasteiger partial charge in [0.25, 0.3) is 0 Å². The summed E-state index contributed by atoms with van der Waals surface area (Å²) in [4.78, 5) is 1.31. The van der Waals surface area contributed by atoms with Crippen molar-refractivity contribution < 1.29 is 0 Å². The molecule has 0 amide bonds. The number of hydrogen-bond acceptors (Lipinski definition) is 3. The van der Waals surface area contributed by atoms with E-state index < -0.39 is 0 Å². The molecule has 0 radical (unpaired) electrons. The van der Waals surface area contributed by atoms with E-state index in [0.717, 1.165) is 30.4 Å². The molecule has 1 heterocycles. The van der Waals surface area contributed by atoms with Crippen LogP contribution in [0.25, 0.3) is 0 Å². The normalized spacial score (nSPS) is 10.8. The van der Waals surface area contributed by atoms with Crippen LogP contribution in [0.1, 0.15) is 30.6 Å². The molecule has 1 aromatic heterocycles. The molecular formula is C11H19ClN2S. The Balaban J connectivity index is 1.93. The largest absolute Gasteiger partial charge is 0.330 e. The summed E-state index contributed by atoms with van der Waals surface area (Å²) in [6.45, 7) is 2.84. The van der Waals surface area contributed by atoms with Crippen LogP contribution in [0.2, 0.25) is 4.34 Å². The number of thiophene rings is 1. The van der Waals surface area contributed by atoms with E-state index in [1.165, 1.54) is 24.1 Å². The van der Waals surface area contributed by atoms with Gasteiger partial charge in [-0.3, -0.25) is 0 Å². The van der Waals surface area contributed by atoms with Gasteiger partial charge in [-0.2, -0.15) is 0 Å². The second-order valence-corrected chi connectivity index (χ2v) is 5.39. The van der Waals surface area contributed by atoms with Crippen molar-refractivity contribution in [2.24, 2.45) is 5.73 Å². The highest BCUT2D eigenvalue weighted by Crippen LogP contribution is 2.20. The third-order valence-electron chi connectivity index (χ3n) is 2.24. The van der Waals surface area contributed by atoms with Gasteiger partial charge in [0, 0.05) is 11.4 Å². The van der Waals surface area contributed by atoms with Crippen LogP contribution in [0, 0.1) is 0 Å². The van der Waals surface area contributed by atoms with E-state index in [2.05, 4.69) is 11.4 Å². The zero-order chi connectivity index (χ0) is 10.9. The number of nitrogens with one attached hydrogen (secondary N) is 1. The van der Waals surface area contributed by atoms with Crippen LogP contribution in [-0.2, 0) is 6.54 Å². The van der Waals surface area contributed by atoms with E-state index in [0.29, 0.717) is 0 Å². The second kappa shape index (κ2) is 8.11. The molecule has 15 heavy (non-hydrogen) atoms. The molecule has 0 bridgehead atoms. The zero-order valence-corrected chi connectivity index (χ0v) is 10.5. The summed E-state index contributed by atoms with van der Waals surface area (Å²) in [7, 11) is 0. The van der Waals surface area contributed by atoms with Gasteiger partial charge in [0.15, 0.2) is 0 Å². The molecule has 0 saturated carbocycles. The third kappa shape index (κ3) is 6.15. The SMILES string of the molecule is NCCCCCCNCc1ccc(Cl)s1. The first-order valence-electron chi connectivity index (χ1n) is 5.48. The van der Waals surface area contributed by atoms with Crippen LogP contribution < -0.4 is 11.1 Å². The predicted molar refractivity (Wildman–Crippen MR) is 68.6 cm³/mol. The van der Waals surface area contributed by atoms with Crippen molar-refractivity contribution in [2.45, 2.75) is 32.2 Å². The van der Waals surface area contributed by atoms with Crippen molar-refractivity contribution in [2.75, 3.05) is 13.1 Å². The van der Waals surface area contributed by atoms with Crippen LogP contribution >= 0.6 is 22.9 Å². The van der Waals surface area contributed by atoms with Gasteiger partial charge in [-0.05, 0) is 38.1 Å². The molecule has 0 atom stereocenters. The minimum Gasteiger partial charge on any atom is -0.330 e. The first kappa shape index (κ1) is 13.0. The highest BCUT2D eigenvalue weighted by molar-refractivity contribution is 7.16. The molecular weight excluding hydrogens is 228 g/mol. The van der Waals surface area contributed by atoms with Gasteiger partial charge in [-0.15, -0.1) is 11.3 Å². The number of unbranched alkanes of at least 4 members (excludes halogenated alkanes) is 3. The van der Waals surface area contributed by atoms with Crippen LogP contribution in [0.15, 0.2) is 12.1 Å². The molecule has 0 fully saturated rings. The highest BCUT2D eigenvalue weighted by atomic mass is 35.5. The molecule has 86 valence electrons. The number of rotatable bonds is 8. The quantitative estimate of drug-likeness (QED) is 0.692. The summed E-state index contributed by atoms with van der Waals surface area (Å²) in [5, 5.41) is 3.41.